The fourth-order valence-electron chi connectivity index (χ4n) is 1.67. The second-order valence-electron chi connectivity index (χ2n) is 4.80. The quantitative estimate of drug-likeness (QED) is 0.905. The molecule has 0 unspecified atom stereocenters. The summed E-state index contributed by atoms with van der Waals surface area (Å²) in [5.74, 6) is -0.0101. The molecule has 0 spiro atoms. The smallest absolute Gasteiger partial charge is 0.359 e. The lowest BCUT2D eigenvalue weighted by molar-refractivity contribution is -0.141. The third-order valence-corrected chi connectivity index (χ3v) is 3.74. The van der Waals surface area contributed by atoms with Crippen LogP contribution in [0.5, 0.6) is 0 Å². The zero-order chi connectivity index (χ0) is 15.7. The van der Waals surface area contributed by atoms with Gasteiger partial charge < -0.3 is 10.6 Å². The number of halogens is 3. The average molecular weight is 317 g/mol. The van der Waals surface area contributed by atoms with Crippen LogP contribution in [0.3, 0.4) is 0 Å². The number of rotatable bonds is 4. The summed E-state index contributed by atoms with van der Waals surface area (Å²) in [4.78, 5) is 11.6. The average Bonchev–Trinajstić information content (AvgIpc) is 2.91. The van der Waals surface area contributed by atoms with Crippen molar-refractivity contribution >= 4 is 23.1 Å². The predicted octanol–water partition coefficient (Wildman–Crippen LogP) is 3.34. The topological polar surface area (TPSA) is 62.7 Å². The second kappa shape index (κ2) is 5.47. The molecule has 0 aliphatic carbocycles. The van der Waals surface area contributed by atoms with E-state index >= 15 is 0 Å². The van der Waals surface area contributed by atoms with Crippen molar-refractivity contribution < 1.29 is 13.2 Å². The Balaban J connectivity index is 2.36. The minimum atomic E-state index is -4.53. The second-order valence-corrected chi connectivity index (χ2v) is 5.69. The number of thiazole rings is 1. The zero-order valence-corrected chi connectivity index (χ0v) is 12.4. The molecule has 2 aromatic rings. The fourth-order valence-corrected chi connectivity index (χ4v) is 2.39. The lowest BCUT2D eigenvalue weighted by atomic mass is 10.1. The molecule has 2 N–H and O–H groups in total. The molecule has 21 heavy (non-hydrogen) atoms. The number of hydrogen-bond acceptors (Lipinski definition) is 6. The molecule has 5 nitrogen and oxygen atoms in total. The molecule has 0 saturated carbocycles. The van der Waals surface area contributed by atoms with E-state index in [2.05, 4.69) is 25.6 Å². The van der Waals surface area contributed by atoms with Crippen molar-refractivity contribution in [3.63, 3.8) is 0 Å². The molecule has 2 rings (SSSR count). The molecular formula is C12H14F3N5S. The number of anilines is 2. The fraction of sp³-hybridized carbons (Fsp3) is 0.417. The molecule has 0 aromatic carbocycles. The Labute approximate surface area is 123 Å². The monoisotopic (exact) mass is 317 g/mol. The van der Waals surface area contributed by atoms with E-state index in [1.165, 1.54) is 18.4 Å². The molecule has 0 atom stereocenters. The van der Waals surface area contributed by atoms with Crippen LogP contribution in [0.1, 0.15) is 24.5 Å². The van der Waals surface area contributed by atoms with Crippen LogP contribution in [0.25, 0.3) is 0 Å². The molecule has 0 saturated heterocycles. The van der Waals surface area contributed by atoms with E-state index in [0.717, 1.165) is 11.1 Å². The minimum absolute atomic E-state index is 0.0851. The first kappa shape index (κ1) is 15.5. The van der Waals surface area contributed by atoms with Gasteiger partial charge in [0.2, 0.25) is 5.95 Å². The van der Waals surface area contributed by atoms with Crippen molar-refractivity contribution in [3.8, 4) is 0 Å². The lowest BCUT2D eigenvalue weighted by Crippen LogP contribution is -2.28. The van der Waals surface area contributed by atoms with Gasteiger partial charge in [0.25, 0.3) is 0 Å². The Kier molecular flexibility index (Phi) is 4.04. The van der Waals surface area contributed by atoms with Crippen LogP contribution in [0.4, 0.5) is 24.9 Å². The van der Waals surface area contributed by atoms with Crippen LogP contribution in [0.2, 0.25) is 0 Å². The highest BCUT2D eigenvalue weighted by atomic mass is 32.1. The van der Waals surface area contributed by atoms with Gasteiger partial charge in [-0.2, -0.15) is 18.2 Å². The molecule has 0 bridgehead atoms. The van der Waals surface area contributed by atoms with E-state index < -0.39 is 17.4 Å². The Morgan fingerprint density at radius 3 is 2.43 bits per heavy atom. The molecule has 0 aliphatic heterocycles. The number of alkyl halides is 3. The van der Waals surface area contributed by atoms with E-state index in [4.69, 9.17) is 0 Å². The molecule has 2 heterocycles. The maximum atomic E-state index is 12.8. The standard InChI is InChI=1S/C12H14F3N5S/c1-11(2,9-17-4-5-21-9)20-8-6-7(12(13,14)15)18-10(16-3)19-8/h4-6H,1-3H3,(H2,16,18,19,20). The molecule has 114 valence electrons. The van der Waals surface area contributed by atoms with Crippen LogP contribution < -0.4 is 10.6 Å². The summed E-state index contributed by atoms with van der Waals surface area (Å²) in [5.41, 5.74) is -1.64. The largest absolute Gasteiger partial charge is 0.433 e. The van der Waals surface area contributed by atoms with Crippen molar-refractivity contribution in [2.75, 3.05) is 17.7 Å². The predicted molar refractivity (Wildman–Crippen MR) is 75.3 cm³/mol. The van der Waals surface area contributed by atoms with Gasteiger partial charge in [0.1, 0.15) is 10.8 Å². The summed E-state index contributed by atoms with van der Waals surface area (Å²) in [7, 11) is 1.46. The van der Waals surface area contributed by atoms with Gasteiger partial charge in [-0.1, -0.05) is 0 Å². The van der Waals surface area contributed by atoms with Gasteiger partial charge in [-0.3, -0.25) is 0 Å². The summed E-state index contributed by atoms with van der Waals surface area (Å²) in [6.45, 7) is 3.64. The highest BCUT2D eigenvalue weighted by molar-refractivity contribution is 7.09. The van der Waals surface area contributed by atoms with Crippen LogP contribution >= 0.6 is 11.3 Å². The Morgan fingerprint density at radius 1 is 1.19 bits per heavy atom. The maximum absolute atomic E-state index is 12.8. The molecular weight excluding hydrogens is 303 g/mol. The van der Waals surface area contributed by atoms with Gasteiger partial charge in [-0.05, 0) is 13.8 Å². The first-order chi connectivity index (χ1) is 9.72. The van der Waals surface area contributed by atoms with Crippen molar-refractivity contribution in [1.29, 1.82) is 0 Å². The third-order valence-electron chi connectivity index (χ3n) is 2.65. The van der Waals surface area contributed by atoms with Gasteiger partial charge in [0.05, 0.1) is 5.54 Å². The Bertz CT molecular complexity index is 610. The van der Waals surface area contributed by atoms with Crippen molar-refractivity contribution in [2.24, 2.45) is 0 Å². The molecule has 0 radical (unpaired) electrons. The molecule has 0 aliphatic rings. The number of hydrogen-bond donors (Lipinski definition) is 2. The van der Waals surface area contributed by atoms with E-state index in [-0.39, 0.29) is 11.8 Å². The molecule has 0 fully saturated rings. The highest BCUT2D eigenvalue weighted by Gasteiger charge is 2.34. The van der Waals surface area contributed by atoms with Crippen molar-refractivity contribution in [3.05, 3.63) is 28.3 Å². The molecule has 2 aromatic heterocycles. The first-order valence-corrected chi connectivity index (χ1v) is 6.92. The zero-order valence-electron chi connectivity index (χ0n) is 11.6. The van der Waals surface area contributed by atoms with E-state index in [1.54, 1.807) is 11.6 Å². The van der Waals surface area contributed by atoms with E-state index in [9.17, 15) is 13.2 Å². The number of nitrogens with one attached hydrogen (secondary N) is 2. The molecule has 0 amide bonds. The van der Waals surface area contributed by atoms with Crippen LogP contribution in [-0.2, 0) is 11.7 Å². The Morgan fingerprint density at radius 2 is 1.90 bits per heavy atom. The van der Waals surface area contributed by atoms with Gasteiger partial charge in [-0.15, -0.1) is 11.3 Å². The third kappa shape index (κ3) is 3.60. The van der Waals surface area contributed by atoms with Crippen LogP contribution in [-0.4, -0.2) is 22.0 Å². The normalized spacial score (nSPS) is 12.3. The van der Waals surface area contributed by atoms with Crippen LogP contribution in [0, 0.1) is 0 Å². The van der Waals surface area contributed by atoms with E-state index in [1.807, 2.05) is 13.8 Å². The van der Waals surface area contributed by atoms with Crippen molar-refractivity contribution in [2.45, 2.75) is 25.6 Å². The van der Waals surface area contributed by atoms with Crippen LogP contribution in [0.15, 0.2) is 17.6 Å². The summed E-state index contributed by atoms with van der Waals surface area (Å²) < 4.78 is 38.5. The number of nitrogens with zero attached hydrogens (tertiary/aromatic N) is 3. The maximum Gasteiger partial charge on any atom is 0.433 e. The lowest BCUT2D eigenvalue weighted by Gasteiger charge is -2.25. The van der Waals surface area contributed by atoms with E-state index in [0.29, 0.717) is 0 Å². The van der Waals surface area contributed by atoms with Gasteiger partial charge in [0.15, 0.2) is 5.69 Å². The summed E-state index contributed by atoms with van der Waals surface area (Å²) in [6.07, 6.45) is -2.89. The SMILES string of the molecule is CNc1nc(NC(C)(C)c2nccs2)cc(C(F)(F)F)n1. The summed E-state index contributed by atoms with van der Waals surface area (Å²) >= 11 is 1.41. The van der Waals surface area contributed by atoms with Crippen molar-refractivity contribution in [1.82, 2.24) is 15.0 Å². The molecule has 9 heteroatoms. The first-order valence-electron chi connectivity index (χ1n) is 6.04. The van der Waals surface area contributed by atoms with Gasteiger partial charge in [-0.25, -0.2) is 9.97 Å². The minimum Gasteiger partial charge on any atom is -0.359 e. The van der Waals surface area contributed by atoms with Gasteiger partial charge >= 0.3 is 6.18 Å². The van der Waals surface area contributed by atoms with Gasteiger partial charge in [0, 0.05) is 24.7 Å². The number of aromatic nitrogens is 3. The highest BCUT2D eigenvalue weighted by Crippen LogP contribution is 2.32. The summed E-state index contributed by atoms with van der Waals surface area (Å²) in [5, 5.41) is 8.04. The Hall–Kier alpha value is -1.90. The summed E-state index contributed by atoms with van der Waals surface area (Å²) in [6, 6.07) is 0.885.